The summed E-state index contributed by atoms with van der Waals surface area (Å²) >= 11 is 0. The molecule has 3 aromatic rings. The second-order valence-corrected chi connectivity index (χ2v) is 7.46. The normalized spacial score (nSPS) is 19.4. The molecule has 1 amide bonds. The Bertz CT molecular complexity index is 1230. The van der Waals surface area contributed by atoms with Crippen molar-refractivity contribution in [3.8, 4) is 17.2 Å². The largest absolute Gasteiger partial charge is 0.508 e. The van der Waals surface area contributed by atoms with Crippen LogP contribution in [0.1, 0.15) is 22.9 Å². The quantitative estimate of drug-likeness (QED) is 0.369. The van der Waals surface area contributed by atoms with Gasteiger partial charge >= 0.3 is 0 Å². The molecule has 0 aliphatic carbocycles. The number of hydrogen-bond acceptors (Lipinski definition) is 7. The van der Waals surface area contributed by atoms with Crippen LogP contribution in [0.25, 0.3) is 5.76 Å². The molecular formula is C24H19NO7. The van der Waals surface area contributed by atoms with Crippen LogP contribution in [0.5, 0.6) is 17.2 Å². The number of furan rings is 1. The van der Waals surface area contributed by atoms with E-state index in [0.717, 1.165) is 0 Å². The zero-order valence-corrected chi connectivity index (χ0v) is 16.9. The molecular weight excluding hydrogens is 414 g/mol. The number of aliphatic hydroxyl groups excluding tert-OH is 1. The van der Waals surface area contributed by atoms with Gasteiger partial charge < -0.3 is 29.0 Å². The minimum Gasteiger partial charge on any atom is -0.508 e. The van der Waals surface area contributed by atoms with Crippen LogP contribution in [0.15, 0.2) is 70.9 Å². The van der Waals surface area contributed by atoms with Gasteiger partial charge in [-0.2, -0.15) is 0 Å². The molecule has 2 aliphatic heterocycles. The molecule has 1 atom stereocenters. The molecule has 5 rings (SSSR count). The van der Waals surface area contributed by atoms with Crippen molar-refractivity contribution < 1.29 is 33.7 Å². The number of Topliss-reactive ketones (excluding diaryl/α,β-unsaturated/α-hetero) is 1. The number of aliphatic hydroxyl groups is 1. The fraction of sp³-hybridized carbons (Fsp3) is 0.167. The van der Waals surface area contributed by atoms with E-state index >= 15 is 0 Å². The van der Waals surface area contributed by atoms with Gasteiger partial charge in [0, 0.05) is 5.56 Å². The van der Waals surface area contributed by atoms with E-state index in [9.17, 15) is 19.8 Å². The maximum atomic E-state index is 13.1. The number of carbonyl (C=O) groups is 2. The van der Waals surface area contributed by atoms with E-state index in [-0.39, 0.29) is 23.6 Å². The van der Waals surface area contributed by atoms with Gasteiger partial charge in [-0.05, 0) is 48.0 Å². The first-order valence-electron chi connectivity index (χ1n) is 10.0. The van der Waals surface area contributed by atoms with E-state index in [1.165, 1.54) is 23.3 Å². The monoisotopic (exact) mass is 433 g/mol. The Balaban J connectivity index is 1.64. The summed E-state index contributed by atoms with van der Waals surface area (Å²) in [5.74, 6) is -0.488. The number of carbonyl (C=O) groups excluding carboxylic acids is 2. The number of aromatic hydroxyl groups is 1. The van der Waals surface area contributed by atoms with Crippen LogP contribution >= 0.6 is 0 Å². The van der Waals surface area contributed by atoms with Gasteiger partial charge in [0.25, 0.3) is 11.7 Å². The van der Waals surface area contributed by atoms with Crippen molar-refractivity contribution in [1.82, 2.24) is 4.90 Å². The van der Waals surface area contributed by atoms with Crippen LogP contribution in [-0.2, 0) is 16.1 Å². The Hall–Kier alpha value is -4.20. The molecule has 1 fully saturated rings. The molecule has 32 heavy (non-hydrogen) atoms. The minimum absolute atomic E-state index is 0.0228. The molecule has 8 nitrogen and oxygen atoms in total. The third-order valence-corrected chi connectivity index (χ3v) is 5.45. The molecule has 2 N–H and O–H groups in total. The van der Waals surface area contributed by atoms with Gasteiger partial charge in [0.15, 0.2) is 11.5 Å². The number of rotatable bonds is 4. The number of hydrogen-bond donors (Lipinski definition) is 2. The number of likely N-dealkylation sites (tertiary alicyclic amines) is 1. The molecule has 0 spiro atoms. The fourth-order valence-corrected chi connectivity index (χ4v) is 4.00. The predicted molar refractivity (Wildman–Crippen MR) is 112 cm³/mol. The summed E-state index contributed by atoms with van der Waals surface area (Å²) in [7, 11) is 0. The molecule has 0 radical (unpaired) electrons. The van der Waals surface area contributed by atoms with E-state index < -0.39 is 17.7 Å². The number of ketones is 1. The molecule has 1 saturated heterocycles. The zero-order chi connectivity index (χ0) is 22.2. The van der Waals surface area contributed by atoms with Crippen molar-refractivity contribution in [1.29, 1.82) is 0 Å². The van der Waals surface area contributed by atoms with Gasteiger partial charge in [-0.1, -0.05) is 12.1 Å². The van der Waals surface area contributed by atoms with Gasteiger partial charge in [-0.15, -0.1) is 0 Å². The summed E-state index contributed by atoms with van der Waals surface area (Å²) in [5, 5.41) is 21.2. The lowest BCUT2D eigenvalue weighted by Crippen LogP contribution is -2.29. The highest BCUT2D eigenvalue weighted by molar-refractivity contribution is 6.46. The second-order valence-electron chi connectivity index (χ2n) is 7.46. The van der Waals surface area contributed by atoms with Crippen molar-refractivity contribution in [2.75, 3.05) is 13.2 Å². The van der Waals surface area contributed by atoms with Crippen LogP contribution in [0.3, 0.4) is 0 Å². The van der Waals surface area contributed by atoms with Gasteiger partial charge in [-0.25, -0.2) is 0 Å². The van der Waals surface area contributed by atoms with Crippen molar-refractivity contribution in [3.05, 3.63) is 83.3 Å². The standard InChI is InChI=1S/C24H19NO7/c26-16-4-1-3-14(11-16)21-20(23(28)24(29)25(21)13-17-5-2-8-30-17)22(27)15-6-7-18-19(12-15)32-10-9-31-18/h1-8,11-12,21,26-27H,9-10,13H2/b22-20-. The first-order valence-corrected chi connectivity index (χ1v) is 10.0. The lowest BCUT2D eigenvalue weighted by Gasteiger charge is -2.24. The van der Waals surface area contributed by atoms with Gasteiger partial charge in [0.2, 0.25) is 0 Å². The van der Waals surface area contributed by atoms with Crippen molar-refractivity contribution in [2.45, 2.75) is 12.6 Å². The van der Waals surface area contributed by atoms with E-state index in [2.05, 4.69) is 0 Å². The molecule has 2 aliphatic rings. The maximum Gasteiger partial charge on any atom is 0.296 e. The molecule has 3 heterocycles. The van der Waals surface area contributed by atoms with Crippen LogP contribution in [0, 0.1) is 0 Å². The van der Waals surface area contributed by atoms with Crippen molar-refractivity contribution in [2.24, 2.45) is 0 Å². The summed E-state index contributed by atoms with van der Waals surface area (Å²) in [6.45, 7) is 0.817. The van der Waals surface area contributed by atoms with E-state index in [1.54, 1.807) is 42.5 Å². The van der Waals surface area contributed by atoms with Crippen molar-refractivity contribution in [3.63, 3.8) is 0 Å². The molecule has 162 valence electrons. The predicted octanol–water partition coefficient (Wildman–Crippen LogP) is 3.38. The van der Waals surface area contributed by atoms with Gasteiger partial charge in [-0.3, -0.25) is 9.59 Å². The van der Waals surface area contributed by atoms with Crippen molar-refractivity contribution >= 4 is 17.4 Å². The summed E-state index contributed by atoms with van der Waals surface area (Å²) in [4.78, 5) is 27.3. The Labute approximate surface area is 182 Å². The minimum atomic E-state index is -0.916. The Kier molecular flexibility index (Phi) is 4.82. The average Bonchev–Trinajstić information content (AvgIpc) is 3.41. The van der Waals surface area contributed by atoms with Gasteiger partial charge in [0.1, 0.15) is 30.5 Å². The number of phenols is 1. The Morgan fingerprint density at radius 2 is 1.81 bits per heavy atom. The summed E-state index contributed by atoms with van der Waals surface area (Å²) in [5.41, 5.74) is 0.717. The lowest BCUT2D eigenvalue weighted by molar-refractivity contribution is -0.140. The van der Waals surface area contributed by atoms with E-state index in [1.807, 2.05) is 0 Å². The van der Waals surface area contributed by atoms with Gasteiger partial charge in [0.05, 0.1) is 24.4 Å². The van der Waals surface area contributed by atoms with Crippen LogP contribution in [-0.4, -0.2) is 40.0 Å². The van der Waals surface area contributed by atoms with Crippen LogP contribution in [0.2, 0.25) is 0 Å². The highest BCUT2D eigenvalue weighted by atomic mass is 16.6. The van der Waals surface area contributed by atoms with E-state index in [0.29, 0.717) is 41.6 Å². The Morgan fingerprint density at radius 1 is 1.00 bits per heavy atom. The second kappa shape index (κ2) is 7.81. The summed E-state index contributed by atoms with van der Waals surface area (Å²) in [6, 6.07) is 13.5. The average molecular weight is 433 g/mol. The third kappa shape index (κ3) is 3.35. The number of amides is 1. The number of phenolic OH excluding ortho intramolecular Hbond substituents is 1. The number of benzene rings is 2. The highest BCUT2D eigenvalue weighted by Crippen LogP contribution is 2.42. The topological polar surface area (TPSA) is 109 Å². The van der Waals surface area contributed by atoms with Crippen LogP contribution in [0.4, 0.5) is 0 Å². The smallest absolute Gasteiger partial charge is 0.296 e. The lowest BCUT2D eigenvalue weighted by atomic mass is 9.95. The summed E-state index contributed by atoms with van der Waals surface area (Å²) in [6.07, 6.45) is 1.48. The zero-order valence-electron chi connectivity index (χ0n) is 16.9. The number of nitrogens with zero attached hydrogens (tertiary/aromatic N) is 1. The SMILES string of the molecule is O=C1C(=O)N(Cc2ccco2)C(c2cccc(O)c2)/C1=C(/O)c1ccc2c(c1)OCCO2. The highest BCUT2D eigenvalue weighted by Gasteiger charge is 2.46. The molecule has 1 unspecified atom stereocenters. The molecule has 0 saturated carbocycles. The Morgan fingerprint density at radius 3 is 2.56 bits per heavy atom. The van der Waals surface area contributed by atoms with Crippen LogP contribution < -0.4 is 9.47 Å². The summed E-state index contributed by atoms with van der Waals surface area (Å²) < 4.78 is 16.5. The maximum absolute atomic E-state index is 13.1. The van der Waals surface area contributed by atoms with E-state index in [4.69, 9.17) is 13.9 Å². The fourth-order valence-electron chi connectivity index (χ4n) is 4.00. The molecule has 2 aromatic carbocycles. The molecule has 8 heteroatoms. The third-order valence-electron chi connectivity index (χ3n) is 5.45. The molecule has 0 bridgehead atoms. The number of fused-ring (bicyclic) bond motifs is 1. The molecule has 1 aromatic heterocycles. The number of ether oxygens (including phenoxy) is 2. The first-order chi connectivity index (χ1) is 15.5. The first kappa shape index (κ1) is 19.7.